The van der Waals surface area contributed by atoms with Gasteiger partial charge in [0.2, 0.25) is 0 Å². The van der Waals surface area contributed by atoms with Gasteiger partial charge in [-0.1, -0.05) is 6.92 Å². The van der Waals surface area contributed by atoms with Crippen LogP contribution in [0.5, 0.6) is 0 Å². The lowest BCUT2D eigenvalue weighted by Gasteiger charge is -2.19. The van der Waals surface area contributed by atoms with E-state index in [4.69, 9.17) is 10.5 Å². The number of nitrogens with two attached hydrogens (primary N) is 1. The molecule has 96 valence electrons. The fourth-order valence-corrected chi connectivity index (χ4v) is 2.32. The summed E-state index contributed by atoms with van der Waals surface area (Å²) in [7, 11) is 0. The zero-order valence-electron chi connectivity index (χ0n) is 11.0. The molecule has 1 saturated heterocycles. The van der Waals surface area contributed by atoms with E-state index in [-0.39, 0.29) is 17.7 Å². The van der Waals surface area contributed by atoms with E-state index in [1.54, 1.807) is 0 Å². The van der Waals surface area contributed by atoms with Crippen LogP contribution in [0.15, 0.2) is 12.4 Å². The van der Waals surface area contributed by atoms with E-state index in [0.717, 1.165) is 31.4 Å². The van der Waals surface area contributed by atoms with E-state index >= 15 is 0 Å². The second kappa shape index (κ2) is 4.78. The largest absolute Gasteiger partial charge is 0.370 e. The Hall–Kier alpha value is -0.870. The van der Waals surface area contributed by atoms with Gasteiger partial charge in [0.05, 0.1) is 24.4 Å². The first kappa shape index (κ1) is 12.6. The molecule has 0 aromatic carbocycles. The molecule has 0 spiro atoms. The van der Waals surface area contributed by atoms with Gasteiger partial charge in [0.1, 0.15) is 0 Å². The molecule has 17 heavy (non-hydrogen) atoms. The molecule has 2 unspecified atom stereocenters. The lowest BCUT2D eigenvalue weighted by atomic mass is 10.1. The molecule has 4 heteroatoms. The van der Waals surface area contributed by atoms with E-state index in [1.165, 1.54) is 0 Å². The maximum Gasteiger partial charge on any atom is 0.0779 e. The van der Waals surface area contributed by atoms with Gasteiger partial charge in [0, 0.05) is 17.8 Å². The van der Waals surface area contributed by atoms with Crippen LogP contribution in [0.2, 0.25) is 0 Å². The molecule has 0 aliphatic carbocycles. The Morgan fingerprint density at radius 3 is 3.00 bits per heavy atom. The molecule has 1 aromatic heterocycles. The molecule has 0 bridgehead atoms. The highest BCUT2D eigenvalue weighted by molar-refractivity contribution is 5.09. The van der Waals surface area contributed by atoms with Gasteiger partial charge in [-0.15, -0.1) is 0 Å². The van der Waals surface area contributed by atoms with Gasteiger partial charge < -0.3 is 10.5 Å². The first-order valence-corrected chi connectivity index (χ1v) is 6.46. The zero-order valence-corrected chi connectivity index (χ0v) is 11.0. The number of ether oxygens (including phenoxy) is 1. The maximum atomic E-state index is 5.97. The summed E-state index contributed by atoms with van der Waals surface area (Å²) in [5, 5.41) is 4.35. The minimum absolute atomic E-state index is 0.0282. The lowest BCUT2D eigenvalue weighted by Crippen LogP contribution is -2.23. The topological polar surface area (TPSA) is 53.1 Å². The lowest BCUT2D eigenvalue weighted by molar-refractivity contribution is -0.0229. The highest BCUT2D eigenvalue weighted by Gasteiger charge is 2.31. The Bertz CT molecular complexity index is 372. The molecule has 0 saturated carbocycles. The van der Waals surface area contributed by atoms with E-state index in [9.17, 15) is 0 Å². The van der Waals surface area contributed by atoms with Crippen molar-refractivity contribution in [2.75, 3.05) is 0 Å². The number of hydrogen-bond donors (Lipinski definition) is 1. The number of nitrogens with zero attached hydrogens (tertiary/aromatic N) is 2. The molecule has 0 radical (unpaired) electrons. The normalized spacial score (nSPS) is 25.1. The number of rotatable bonds is 4. The molecule has 2 rings (SSSR count). The van der Waals surface area contributed by atoms with Gasteiger partial charge in [-0.2, -0.15) is 5.10 Å². The highest BCUT2D eigenvalue weighted by Crippen LogP contribution is 2.30. The fraction of sp³-hybridized carbons (Fsp3) is 0.769. The molecule has 1 fully saturated rings. The summed E-state index contributed by atoms with van der Waals surface area (Å²) in [6, 6.07) is 0.102. The van der Waals surface area contributed by atoms with Crippen LogP contribution in [-0.4, -0.2) is 21.5 Å². The first-order valence-electron chi connectivity index (χ1n) is 6.46. The van der Waals surface area contributed by atoms with Crippen molar-refractivity contribution in [2.45, 2.75) is 64.3 Å². The first-order chi connectivity index (χ1) is 8.00. The number of hydrogen-bond acceptors (Lipinski definition) is 3. The summed E-state index contributed by atoms with van der Waals surface area (Å²) in [6.45, 7) is 7.22. The molecular formula is C13H23N3O. The molecular weight excluding hydrogens is 214 g/mol. The summed E-state index contributed by atoms with van der Waals surface area (Å²) in [6.07, 6.45) is 7.38. The minimum atomic E-state index is 0.0282. The van der Waals surface area contributed by atoms with Gasteiger partial charge in [-0.25, -0.2) is 0 Å². The molecule has 2 N–H and O–H groups in total. The van der Waals surface area contributed by atoms with Crippen LogP contribution < -0.4 is 5.73 Å². The zero-order chi connectivity index (χ0) is 12.5. The fourth-order valence-electron chi connectivity index (χ4n) is 2.32. The van der Waals surface area contributed by atoms with Crippen LogP contribution in [0, 0.1) is 0 Å². The number of aromatic nitrogens is 2. The third kappa shape index (κ3) is 3.07. The van der Waals surface area contributed by atoms with Crippen LogP contribution in [-0.2, 0) is 11.3 Å². The summed E-state index contributed by atoms with van der Waals surface area (Å²) >= 11 is 0. The monoisotopic (exact) mass is 237 g/mol. The van der Waals surface area contributed by atoms with Gasteiger partial charge in [0.25, 0.3) is 0 Å². The van der Waals surface area contributed by atoms with Crippen LogP contribution in [0.4, 0.5) is 0 Å². The predicted molar refractivity (Wildman–Crippen MR) is 67.6 cm³/mol. The van der Waals surface area contributed by atoms with E-state index in [2.05, 4.69) is 25.9 Å². The van der Waals surface area contributed by atoms with Crippen molar-refractivity contribution < 1.29 is 4.74 Å². The third-order valence-electron chi connectivity index (χ3n) is 3.47. The molecule has 4 nitrogen and oxygen atoms in total. The average Bonchev–Trinajstić information content (AvgIpc) is 2.85. The predicted octanol–water partition coefficient (Wildman–Crippen LogP) is 2.25. The summed E-state index contributed by atoms with van der Waals surface area (Å²) in [4.78, 5) is 0. The van der Waals surface area contributed by atoms with Crippen LogP contribution in [0.25, 0.3) is 0 Å². The smallest absolute Gasteiger partial charge is 0.0779 e. The van der Waals surface area contributed by atoms with Crippen molar-refractivity contribution in [3.05, 3.63) is 18.0 Å². The van der Waals surface area contributed by atoms with Gasteiger partial charge >= 0.3 is 0 Å². The molecule has 2 heterocycles. The second-order valence-electron chi connectivity index (χ2n) is 5.55. The van der Waals surface area contributed by atoms with E-state index < -0.39 is 0 Å². The van der Waals surface area contributed by atoms with Crippen LogP contribution in [0.1, 0.15) is 51.6 Å². The van der Waals surface area contributed by atoms with Crippen molar-refractivity contribution in [3.63, 3.8) is 0 Å². The maximum absolute atomic E-state index is 5.97. The molecule has 1 aliphatic rings. The summed E-state index contributed by atoms with van der Waals surface area (Å²) in [5.74, 6) is 0. The Balaban J connectivity index is 1.94. The quantitative estimate of drug-likeness (QED) is 0.874. The Morgan fingerprint density at radius 1 is 1.65 bits per heavy atom. The van der Waals surface area contributed by atoms with Crippen molar-refractivity contribution in [1.29, 1.82) is 0 Å². The standard InChI is InChI=1S/C13H23N3O/c1-4-12(14)10-7-15-16(8-10)9-11-5-6-13(2,3)17-11/h7-8,11-12H,4-6,9,14H2,1-3H3. The molecule has 1 aromatic rings. The van der Waals surface area contributed by atoms with E-state index in [1.807, 2.05) is 17.1 Å². The molecule has 0 amide bonds. The van der Waals surface area contributed by atoms with Crippen molar-refractivity contribution in [1.82, 2.24) is 9.78 Å². The Labute approximate surface area is 103 Å². The van der Waals surface area contributed by atoms with Crippen molar-refractivity contribution >= 4 is 0 Å². The summed E-state index contributed by atoms with van der Waals surface area (Å²) < 4.78 is 7.91. The highest BCUT2D eigenvalue weighted by atomic mass is 16.5. The van der Waals surface area contributed by atoms with E-state index in [0.29, 0.717) is 0 Å². The second-order valence-corrected chi connectivity index (χ2v) is 5.55. The van der Waals surface area contributed by atoms with Crippen LogP contribution in [0.3, 0.4) is 0 Å². The van der Waals surface area contributed by atoms with Crippen LogP contribution >= 0.6 is 0 Å². The Kier molecular flexibility index (Phi) is 3.54. The minimum Gasteiger partial charge on any atom is -0.370 e. The van der Waals surface area contributed by atoms with Crippen molar-refractivity contribution in [3.8, 4) is 0 Å². The van der Waals surface area contributed by atoms with Gasteiger partial charge in [-0.05, 0) is 33.1 Å². The average molecular weight is 237 g/mol. The molecule has 1 aliphatic heterocycles. The Morgan fingerprint density at radius 2 is 2.41 bits per heavy atom. The summed E-state index contributed by atoms with van der Waals surface area (Å²) in [5.41, 5.74) is 7.12. The molecule has 2 atom stereocenters. The van der Waals surface area contributed by atoms with Gasteiger partial charge in [-0.3, -0.25) is 4.68 Å². The SMILES string of the molecule is CCC(N)c1cnn(CC2CCC(C)(C)O2)c1. The third-order valence-corrected chi connectivity index (χ3v) is 3.47. The van der Waals surface area contributed by atoms with Crippen molar-refractivity contribution in [2.24, 2.45) is 5.73 Å². The van der Waals surface area contributed by atoms with Gasteiger partial charge in [0.15, 0.2) is 0 Å².